The molecule has 0 aromatic heterocycles. The van der Waals surface area contributed by atoms with Gasteiger partial charge in [-0.25, -0.2) is 0 Å². The fourth-order valence-electron chi connectivity index (χ4n) is 4.42. The van der Waals surface area contributed by atoms with Crippen LogP contribution in [0.25, 0.3) is 0 Å². The summed E-state index contributed by atoms with van der Waals surface area (Å²) in [5.74, 6) is 0.415. The largest absolute Gasteiger partial charge is 0.477 e. The molecule has 162 valence electrons. The number of amides is 2. The summed E-state index contributed by atoms with van der Waals surface area (Å²) in [5, 5.41) is 2.98. The van der Waals surface area contributed by atoms with Gasteiger partial charge in [-0.3, -0.25) is 9.59 Å². The molecule has 5 nitrogen and oxygen atoms in total. The number of nitrogens with one attached hydrogen (secondary N) is 1. The number of carbonyl (C=O) groups excluding carboxylic acids is 2. The van der Waals surface area contributed by atoms with Crippen molar-refractivity contribution in [3.05, 3.63) is 96.1 Å². The van der Waals surface area contributed by atoms with Crippen LogP contribution in [-0.2, 0) is 21.4 Å². The fourth-order valence-corrected chi connectivity index (χ4v) is 4.42. The van der Waals surface area contributed by atoms with Gasteiger partial charge in [0.15, 0.2) is 6.10 Å². The average molecular weight is 427 g/mol. The lowest BCUT2D eigenvalue weighted by molar-refractivity contribution is -0.128. The maximum Gasteiger partial charge on any atom is 0.262 e. The molecule has 3 aromatic rings. The molecule has 1 saturated carbocycles. The second-order valence-corrected chi connectivity index (χ2v) is 8.46. The Hall–Kier alpha value is -3.60. The molecule has 2 aliphatic rings. The summed E-state index contributed by atoms with van der Waals surface area (Å²) in [4.78, 5) is 28.4. The van der Waals surface area contributed by atoms with E-state index in [1.54, 1.807) is 4.90 Å². The van der Waals surface area contributed by atoms with Crippen LogP contribution >= 0.6 is 0 Å². The Labute approximate surface area is 188 Å². The van der Waals surface area contributed by atoms with Gasteiger partial charge in [-0.15, -0.1) is 0 Å². The predicted molar refractivity (Wildman–Crippen MR) is 124 cm³/mol. The fraction of sp³-hybridized carbons (Fsp3) is 0.259. The van der Waals surface area contributed by atoms with Gasteiger partial charge in [-0.1, -0.05) is 72.8 Å². The minimum atomic E-state index is -0.740. The Morgan fingerprint density at radius 2 is 1.56 bits per heavy atom. The van der Waals surface area contributed by atoms with Gasteiger partial charge in [0.1, 0.15) is 5.75 Å². The van der Waals surface area contributed by atoms with E-state index < -0.39 is 11.5 Å². The van der Waals surface area contributed by atoms with Crippen molar-refractivity contribution in [2.24, 2.45) is 0 Å². The average Bonchev–Trinajstić information content (AvgIpc) is 3.66. The van der Waals surface area contributed by atoms with E-state index in [-0.39, 0.29) is 18.4 Å². The van der Waals surface area contributed by atoms with Gasteiger partial charge in [0.25, 0.3) is 5.91 Å². The van der Waals surface area contributed by atoms with Crippen molar-refractivity contribution < 1.29 is 14.3 Å². The van der Waals surface area contributed by atoms with Crippen LogP contribution in [0.3, 0.4) is 0 Å². The molecule has 2 amide bonds. The Bertz CT molecular complexity index is 1110. The molecule has 1 fully saturated rings. The zero-order valence-electron chi connectivity index (χ0n) is 17.9. The van der Waals surface area contributed by atoms with E-state index >= 15 is 0 Å². The first-order valence-electron chi connectivity index (χ1n) is 11.1. The molecule has 0 unspecified atom stereocenters. The third kappa shape index (κ3) is 3.86. The summed E-state index contributed by atoms with van der Waals surface area (Å²) in [5.41, 5.74) is 2.43. The Morgan fingerprint density at radius 1 is 0.906 bits per heavy atom. The lowest BCUT2D eigenvalue weighted by Gasteiger charge is -2.36. The molecule has 1 atom stereocenters. The van der Waals surface area contributed by atoms with Crippen molar-refractivity contribution in [2.75, 3.05) is 18.0 Å². The molecule has 1 heterocycles. The number of hydrogen-bond acceptors (Lipinski definition) is 3. The molecular weight excluding hydrogens is 400 g/mol. The zero-order chi connectivity index (χ0) is 22.0. The van der Waals surface area contributed by atoms with Gasteiger partial charge in [-0.2, -0.15) is 0 Å². The van der Waals surface area contributed by atoms with E-state index in [2.05, 4.69) is 5.32 Å². The van der Waals surface area contributed by atoms with Crippen molar-refractivity contribution in [1.82, 2.24) is 5.32 Å². The summed E-state index contributed by atoms with van der Waals surface area (Å²) in [7, 11) is 0. The van der Waals surface area contributed by atoms with E-state index in [4.69, 9.17) is 4.74 Å². The molecule has 1 aliphatic carbocycles. The summed E-state index contributed by atoms with van der Waals surface area (Å²) in [6, 6.07) is 27.4. The standard InChI is InChI=1S/C27H26N2O3/c30-25(28-18-15-20-9-3-1-4-10-20)24-19-29(22-13-7-8-14-23(22)32-24)26(31)27(16-17-27)21-11-5-2-6-12-21/h1-14,24H,15-19H2,(H,28,30)/t24-/m0/s1. The van der Waals surface area contributed by atoms with E-state index in [1.807, 2.05) is 84.9 Å². The van der Waals surface area contributed by atoms with E-state index in [9.17, 15) is 9.59 Å². The van der Waals surface area contributed by atoms with Crippen LogP contribution in [0.1, 0.15) is 24.0 Å². The molecule has 0 radical (unpaired) electrons. The van der Waals surface area contributed by atoms with Gasteiger partial charge in [0, 0.05) is 6.54 Å². The maximum atomic E-state index is 13.8. The highest BCUT2D eigenvalue weighted by Crippen LogP contribution is 2.51. The van der Waals surface area contributed by atoms with E-state index in [1.165, 1.54) is 0 Å². The molecule has 1 N–H and O–H groups in total. The van der Waals surface area contributed by atoms with E-state index in [0.717, 1.165) is 36.1 Å². The van der Waals surface area contributed by atoms with Crippen LogP contribution < -0.4 is 15.0 Å². The zero-order valence-corrected chi connectivity index (χ0v) is 17.9. The molecular formula is C27H26N2O3. The molecule has 0 saturated heterocycles. The van der Waals surface area contributed by atoms with Crippen molar-refractivity contribution in [2.45, 2.75) is 30.8 Å². The molecule has 3 aromatic carbocycles. The van der Waals surface area contributed by atoms with Gasteiger partial charge < -0.3 is 15.0 Å². The van der Waals surface area contributed by atoms with Gasteiger partial charge in [0.05, 0.1) is 17.6 Å². The SMILES string of the molecule is O=C(NCCc1ccccc1)[C@@H]1CN(C(=O)C2(c3ccccc3)CC2)c2ccccc2O1. The van der Waals surface area contributed by atoms with Gasteiger partial charge in [-0.05, 0) is 42.5 Å². The van der Waals surface area contributed by atoms with Crippen molar-refractivity contribution in [1.29, 1.82) is 0 Å². The lowest BCUT2D eigenvalue weighted by atomic mass is 9.93. The van der Waals surface area contributed by atoms with Crippen LogP contribution in [0, 0.1) is 0 Å². The molecule has 5 rings (SSSR count). The summed E-state index contributed by atoms with van der Waals surface area (Å²) in [6.07, 6.45) is 1.65. The van der Waals surface area contributed by atoms with Gasteiger partial charge in [0.2, 0.25) is 5.91 Å². The molecule has 1 aliphatic heterocycles. The molecule has 5 heteroatoms. The maximum absolute atomic E-state index is 13.8. The summed E-state index contributed by atoms with van der Waals surface area (Å²) >= 11 is 0. The Kier molecular flexibility index (Phi) is 5.39. The normalized spacial score (nSPS) is 18.2. The van der Waals surface area contributed by atoms with Crippen molar-refractivity contribution in [3.8, 4) is 5.75 Å². The van der Waals surface area contributed by atoms with Crippen LogP contribution in [0.15, 0.2) is 84.9 Å². The number of hydrogen-bond donors (Lipinski definition) is 1. The van der Waals surface area contributed by atoms with Crippen LogP contribution in [0.5, 0.6) is 5.75 Å². The predicted octanol–water partition coefficient (Wildman–Crippen LogP) is 3.87. The number of benzene rings is 3. The number of carbonyl (C=O) groups is 2. The summed E-state index contributed by atoms with van der Waals surface area (Å²) < 4.78 is 6.01. The Morgan fingerprint density at radius 3 is 2.28 bits per heavy atom. The highest BCUT2D eigenvalue weighted by molar-refractivity contribution is 6.05. The smallest absolute Gasteiger partial charge is 0.262 e. The number of ether oxygens (including phenoxy) is 1. The summed E-state index contributed by atoms with van der Waals surface area (Å²) in [6.45, 7) is 0.730. The molecule has 0 bridgehead atoms. The number of rotatable bonds is 6. The van der Waals surface area contributed by atoms with Crippen molar-refractivity contribution in [3.63, 3.8) is 0 Å². The molecule has 32 heavy (non-hydrogen) atoms. The first kappa shape index (κ1) is 20.3. The number of para-hydroxylation sites is 2. The Balaban J connectivity index is 1.33. The monoisotopic (exact) mass is 426 g/mol. The molecule has 0 spiro atoms. The topological polar surface area (TPSA) is 58.6 Å². The van der Waals surface area contributed by atoms with E-state index in [0.29, 0.717) is 12.3 Å². The highest BCUT2D eigenvalue weighted by atomic mass is 16.5. The minimum absolute atomic E-state index is 0.0431. The third-order valence-electron chi connectivity index (χ3n) is 6.35. The second kappa shape index (κ2) is 8.50. The van der Waals surface area contributed by atoms with Gasteiger partial charge >= 0.3 is 0 Å². The second-order valence-electron chi connectivity index (χ2n) is 8.46. The number of fused-ring (bicyclic) bond motifs is 1. The first-order valence-corrected chi connectivity index (χ1v) is 11.1. The van der Waals surface area contributed by atoms with Crippen molar-refractivity contribution >= 4 is 17.5 Å². The highest BCUT2D eigenvalue weighted by Gasteiger charge is 2.54. The third-order valence-corrected chi connectivity index (χ3v) is 6.35. The lowest BCUT2D eigenvalue weighted by Crippen LogP contribution is -2.53. The van der Waals surface area contributed by atoms with Crippen LogP contribution in [0.4, 0.5) is 5.69 Å². The number of nitrogens with zero attached hydrogens (tertiary/aromatic N) is 1. The quantitative estimate of drug-likeness (QED) is 0.651. The first-order chi connectivity index (χ1) is 15.7. The number of anilines is 1. The van der Waals surface area contributed by atoms with Crippen LogP contribution in [-0.4, -0.2) is 31.0 Å². The van der Waals surface area contributed by atoms with Crippen LogP contribution in [0.2, 0.25) is 0 Å². The minimum Gasteiger partial charge on any atom is -0.477 e.